The fourth-order valence-electron chi connectivity index (χ4n) is 3.35. The first kappa shape index (κ1) is 26.6. The number of aromatic nitrogens is 1. The first-order valence-corrected chi connectivity index (χ1v) is 11.3. The summed E-state index contributed by atoms with van der Waals surface area (Å²) in [7, 11) is 0. The Morgan fingerprint density at radius 2 is 1.80 bits per heavy atom. The predicted molar refractivity (Wildman–Crippen MR) is 129 cm³/mol. The van der Waals surface area contributed by atoms with Crippen LogP contribution >= 0.6 is 23.2 Å². The Morgan fingerprint density at radius 3 is 2.37 bits per heavy atom. The lowest BCUT2D eigenvalue weighted by Crippen LogP contribution is -2.38. The number of nitrogens with one attached hydrogen (secondary N) is 2. The smallest absolute Gasteiger partial charge is 0.416 e. The van der Waals surface area contributed by atoms with Crippen molar-refractivity contribution in [2.24, 2.45) is 0 Å². The van der Waals surface area contributed by atoms with Crippen LogP contribution in [0.25, 0.3) is 0 Å². The van der Waals surface area contributed by atoms with Gasteiger partial charge in [-0.1, -0.05) is 36.2 Å². The highest BCUT2D eigenvalue weighted by Crippen LogP contribution is 2.38. The molecule has 0 aliphatic heterocycles. The zero-order valence-electron chi connectivity index (χ0n) is 18.7. The van der Waals surface area contributed by atoms with Crippen LogP contribution in [-0.4, -0.2) is 22.1 Å². The highest BCUT2D eigenvalue weighted by atomic mass is 35.5. The average molecular weight is 528 g/mol. The maximum atomic E-state index is 13.8. The second-order valence-electron chi connectivity index (χ2n) is 7.68. The van der Waals surface area contributed by atoms with E-state index in [4.69, 9.17) is 27.9 Å². The number of hydrogen-bond donors (Lipinski definition) is 3. The summed E-state index contributed by atoms with van der Waals surface area (Å²) in [5.41, 5.74) is 0.272. The minimum Gasteiger partial charge on any atom is -0.480 e. The molecule has 0 spiro atoms. The highest BCUT2D eigenvalue weighted by molar-refractivity contribution is 6.42. The zero-order valence-corrected chi connectivity index (χ0v) is 20.2. The Labute approximate surface area is 210 Å². The lowest BCUT2D eigenvalue weighted by Gasteiger charge is -2.23. The second kappa shape index (κ2) is 11.2. The third-order valence-electron chi connectivity index (χ3n) is 5.12. The van der Waals surface area contributed by atoms with Gasteiger partial charge < -0.3 is 15.2 Å². The molecule has 0 radical (unpaired) electrons. The van der Waals surface area contributed by atoms with Crippen molar-refractivity contribution in [2.75, 3.05) is 5.32 Å². The lowest BCUT2D eigenvalue weighted by atomic mass is 9.99. The molecule has 0 aliphatic rings. The standard InChI is InChI=1S/C24H22Cl2F3N3O3/c1-3-21(23(33)34)31-13(2)17-7-6-16(11-18(17)24(27,28)29)35-22-9-5-15(12-30-22)32-14-4-8-19(25)20(26)10-14/h4-13,21,31-32H,3H2,1-2H3,(H,33,34). The minimum atomic E-state index is -4.67. The number of halogens is 5. The van der Waals surface area contributed by atoms with E-state index in [0.717, 1.165) is 6.07 Å². The van der Waals surface area contributed by atoms with Gasteiger partial charge in [-0.05, 0) is 55.3 Å². The third-order valence-corrected chi connectivity index (χ3v) is 5.86. The van der Waals surface area contributed by atoms with Crippen molar-refractivity contribution < 1.29 is 27.8 Å². The van der Waals surface area contributed by atoms with Crippen molar-refractivity contribution in [1.82, 2.24) is 10.3 Å². The normalized spacial score (nSPS) is 13.2. The first-order chi connectivity index (χ1) is 16.5. The van der Waals surface area contributed by atoms with Crippen LogP contribution < -0.4 is 15.4 Å². The summed E-state index contributed by atoms with van der Waals surface area (Å²) in [5.74, 6) is -1.10. The molecule has 1 heterocycles. The summed E-state index contributed by atoms with van der Waals surface area (Å²) in [4.78, 5) is 15.4. The summed E-state index contributed by atoms with van der Waals surface area (Å²) in [6.45, 7) is 3.12. The summed E-state index contributed by atoms with van der Waals surface area (Å²) in [5, 5.41) is 15.8. The largest absolute Gasteiger partial charge is 0.480 e. The molecule has 0 saturated carbocycles. The fourth-order valence-corrected chi connectivity index (χ4v) is 3.65. The highest BCUT2D eigenvalue weighted by Gasteiger charge is 2.35. The van der Waals surface area contributed by atoms with Crippen LogP contribution in [0.2, 0.25) is 10.0 Å². The van der Waals surface area contributed by atoms with E-state index in [-0.39, 0.29) is 23.6 Å². The van der Waals surface area contributed by atoms with Gasteiger partial charge in [0, 0.05) is 17.8 Å². The molecule has 1 aromatic heterocycles. The fraction of sp³-hybridized carbons (Fsp3) is 0.250. The molecule has 3 N–H and O–H groups in total. The Hall–Kier alpha value is -3.01. The quantitative estimate of drug-likeness (QED) is 0.268. The average Bonchev–Trinajstić information content (AvgIpc) is 2.80. The molecule has 0 bridgehead atoms. The monoisotopic (exact) mass is 527 g/mol. The Morgan fingerprint density at radius 1 is 1.09 bits per heavy atom. The molecular weight excluding hydrogens is 506 g/mol. The van der Waals surface area contributed by atoms with E-state index in [1.807, 2.05) is 0 Å². The van der Waals surface area contributed by atoms with Gasteiger partial charge in [-0.15, -0.1) is 0 Å². The van der Waals surface area contributed by atoms with E-state index in [1.54, 1.807) is 31.2 Å². The molecular formula is C24H22Cl2F3N3O3. The number of carboxylic acid groups (broad SMARTS) is 1. The van der Waals surface area contributed by atoms with Crippen LogP contribution in [0.4, 0.5) is 24.5 Å². The minimum absolute atomic E-state index is 0.0590. The molecule has 0 saturated heterocycles. The van der Waals surface area contributed by atoms with E-state index >= 15 is 0 Å². The number of carboxylic acids is 1. The Bertz CT molecular complexity index is 1190. The number of hydrogen-bond acceptors (Lipinski definition) is 5. The molecule has 35 heavy (non-hydrogen) atoms. The number of benzene rings is 2. The number of pyridine rings is 1. The summed E-state index contributed by atoms with van der Waals surface area (Å²) in [6, 6.07) is 9.86. The van der Waals surface area contributed by atoms with Crippen LogP contribution in [-0.2, 0) is 11.0 Å². The van der Waals surface area contributed by atoms with Crippen molar-refractivity contribution in [3.63, 3.8) is 0 Å². The summed E-state index contributed by atoms with van der Waals surface area (Å²) < 4.78 is 46.9. The summed E-state index contributed by atoms with van der Waals surface area (Å²) >= 11 is 11.9. The summed E-state index contributed by atoms with van der Waals surface area (Å²) in [6.07, 6.45) is -2.99. The molecule has 2 atom stereocenters. The molecule has 0 amide bonds. The molecule has 3 rings (SSSR count). The number of anilines is 2. The van der Waals surface area contributed by atoms with Crippen LogP contribution in [0.5, 0.6) is 11.6 Å². The van der Waals surface area contributed by atoms with Gasteiger partial charge in [-0.25, -0.2) is 4.98 Å². The van der Waals surface area contributed by atoms with Crippen LogP contribution in [0.15, 0.2) is 54.7 Å². The predicted octanol–water partition coefficient (Wildman–Crippen LogP) is 7.46. The second-order valence-corrected chi connectivity index (χ2v) is 8.49. The van der Waals surface area contributed by atoms with Gasteiger partial charge in [0.1, 0.15) is 11.8 Å². The molecule has 0 fully saturated rings. The van der Waals surface area contributed by atoms with Crippen LogP contribution in [0.1, 0.15) is 37.4 Å². The van der Waals surface area contributed by atoms with Crippen molar-refractivity contribution in [3.8, 4) is 11.6 Å². The van der Waals surface area contributed by atoms with Crippen molar-refractivity contribution in [1.29, 1.82) is 0 Å². The SMILES string of the molecule is CCC(NC(C)c1ccc(Oc2ccc(Nc3ccc(Cl)c(Cl)c3)cn2)cc1C(F)(F)F)C(=O)O. The first-order valence-electron chi connectivity index (χ1n) is 10.5. The third kappa shape index (κ3) is 7.00. The molecule has 6 nitrogen and oxygen atoms in total. The number of aliphatic carboxylic acids is 1. The molecule has 0 aliphatic carbocycles. The van der Waals surface area contributed by atoms with Gasteiger partial charge >= 0.3 is 12.1 Å². The maximum Gasteiger partial charge on any atom is 0.416 e. The molecule has 2 unspecified atom stereocenters. The topological polar surface area (TPSA) is 83.5 Å². The molecule has 3 aromatic rings. The van der Waals surface area contributed by atoms with E-state index in [1.165, 1.54) is 31.3 Å². The van der Waals surface area contributed by atoms with Crippen molar-refractivity contribution in [3.05, 3.63) is 75.9 Å². The van der Waals surface area contributed by atoms with Crippen LogP contribution in [0.3, 0.4) is 0 Å². The van der Waals surface area contributed by atoms with E-state index in [9.17, 15) is 23.1 Å². The zero-order chi connectivity index (χ0) is 25.8. The maximum absolute atomic E-state index is 13.8. The number of carbonyl (C=O) groups is 1. The van der Waals surface area contributed by atoms with Gasteiger partial charge in [0.2, 0.25) is 5.88 Å². The van der Waals surface area contributed by atoms with Gasteiger partial charge in [0.15, 0.2) is 0 Å². The molecule has 186 valence electrons. The van der Waals surface area contributed by atoms with Gasteiger partial charge in [0.05, 0.1) is 27.5 Å². The van der Waals surface area contributed by atoms with E-state index in [0.29, 0.717) is 21.4 Å². The van der Waals surface area contributed by atoms with E-state index < -0.39 is 29.8 Å². The van der Waals surface area contributed by atoms with Crippen molar-refractivity contribution in [2.45, 2.75) is 38.5 Å². The number of rotatable bonds is 9. The number of alkyl halides is 3. The van der Waals surface area contributed by atoms with Crippen molar-refractivity contribution >= 4 is 40.5 Å². The Balaban J connectivity index is 1.77. The van der Waals surface area contributed by atoms with Gasteiger partial charge in [-0.2, -0.15) is 13.2 Å². The van der Waals surface area contributed by atoms with E-state index in [2.05, 4.69) is 15.6 Å². The lowest BCUT2D eigenvalue weighted by molar-refractivity contribution is -0.139. The molecule has 11 heteroatoms. The van der Waals surface area contributed by atoms with Gasteiger partial charge in [0.25, 0.3) is 0 Å². The Kier molecular flexibility index (Phi) is 8.47. The number of nitrogens with zero attached hydrogens (tertiary/aromatic N) is 1. The van der Waals surface area contributed by atoms with Gasteiger partial charge in [-0.3, -0.25) is 10.1 Å². The van der Waals surface area contributed by atoms with Crippen LogP contribution in [0, 0.1) is 0 Å². The number of ether oxygens (including phenoxy) is 1. The molecule has 2 aromatic carbocycles.